The number of rotatable bonds is 2. The first kappa shape index (κ1) is 8.83. The van der Waals surface area contributed by atoms with E-state index in [1.807, 2.05) is 13.8 Å². The largest absolute Gasteiger partial charge is 0.368 e. The Morgan fingerprint density at radius 3 is 2.67 bits per heavy atom. The van der Waals surface area contributed by atoms with E-state index in [9.17, 15) is 9.59 Å². The third-order valence-corrected chi connectivity index (χ3v) is 1.90. The molecule has 0 aliphatic carbocycles. The number of nitrogens with one attached hydrogen (secondary N) is 1. The van der Waals surface area contributed by atoms with Crippen molar-refractivity contribution in [1.82, 2.24) is 10.2 Å². The highest BCUT2D eigenvalue weighted by molar-refractivity contribution is 5.89. The molecule has 3 N–H and O–H groups in total. The summed E-state index contributed by atoms with van der Waals surface area (Å²) in [6.45, 7) is 4.02. The Morgan fingerprint density at radius 2 is 2.33 bits per heavy atom. The van der Waals surface area contributed by atoms with Crippen molar-refractivity contribution in [3.63, 3.8) is 0 Å². The number of nitrogens with zero attached hydrogens (tertiary/aromatic N) is 1. The minimum Gasteiger partial charge on any atom is -0.368 e. The fourth-order valence-corrected chi connectivity index (χ4v) is 1.35. The highest BCUT2D eigenvalue weighted by Crippen LogP contribution is 2.10. The number of hydrogen-bond donors (Lipinski definition) is 2. The Morgan fingerprint density at radius 1 is 1.75 bits per heavy atom. The molecule has 1 atom stereocenters. The van der Waals surface area contributed by atoms with Crippen molar-refractivity contribution in [2.24, 2.45) is 5.73 Å². The van der Waals surface area contributed by atoms with Crippen molar-refractivity contribution in [3.05, 3.63) is 0 Å². The molecule has 3 amide bonds. The highest BCUT2D eigenvalue weighted by Gasteiger charge is 2.35. The number of hydrogen-bond acceptors (Lipinski definition) is 2. The SMILES string of the molecule is CC(C)N1C(=O)NCC1C(N)=O. The first-order valence-corrected chi connectivity index (χ1v) is 3.89. The van der Waals surface area contributed by atoms with Crippen LogP contribution in [0.3, 0.4) is 0 Å². The standard InChI is InChI=1S/C7H13N3O2/c1-4(2)10-5(6(8)11)3-9-7(10)12/h4-5H,3H2,1-2H3,(H2,8,11)(H,9,12). The summed E-state index contributed by atoms with van der Waals surface area (Å²) in [5.41, 5.74) is 5.12. The van der Waals surface area contributed by atoms with Crippen LogP contribution in [0.4, 0.5) is 4.79 Å². The van der Waals surface area contributed by atoms with Crippen LogP contribution in [-0.4, -0.2) is 35.5 Å². The van der Waals surface area contributed by atoms with Crippen LogP contribution in [0.1, 0.15) is 13.8 Å². The Labute approximate surface area is 70.9 Å². The van der Waals surface area contributed by atoms with Gasteiger partial charge in [-0.3, -0.25) is 4.79 Å². The second-order valence-electron chi connectivity index (χ2n) is 3.11. The lowest BCUT2D eigenvalue weighted by atomic mass is 10.2. The molecule has 0 aromatic heterocycles. The summed E-state index contributed by atoms with van der Waals surface area (Å²) in [5, 5.41) is 2.57. The van der Waals surface area contributed by atoms with Crippen LogP contribution < -0.4 is 11.1 Å². The Bertz CT molecular complexity index is 215. The first-order valence-electron chi connectivity index (χ1n) is 3.89. The van der Waals surface area contributed by atoms with Gasteiger partial charge < -0.3 is 16.0 Å². The molecule has 1 heterocycles. The molecule has 5 heteroatoms. The van der Waals surface area contributed by atoms with Gasteiger partial charge in [0.05, 0.1) is 0 Å². The van der Waals surface area contributed by atoms with Gasteiger partial charge in [-0.2, -0.15) is 0 Å². The maximum Gasteiger partial charge on any atom is 0.318 e. The number of amides is 3. The Kier molecular flexibility index (Phi) is 2.21. The van der Waals surface area contributed by atoms with E-state index in [1.165, 1.54) is 4.90 Å². The predicted octanol–water partition coefficient (Wildman–Crippen LogP) is -0.726. The zero-order chi connectivity index (χ0) is 9.30. The molecule has 0 aromatic rings. The monoisotopic (exact) mass is 171 g/mol. The molecule has 0 aromatic carbocycles. The Balaban J connectivity index is 2.77. The smallest absolute Gasteiger partial charge is 0.318 e. The number of carbonyl (C=O) groups is 2. The van der Waals surface area contributed by atoms with Crippen LogP contribution in [0.5, 0.6) is 0 Å². The molecule has 1 saturated heterocycles. The zero-order valence-corrected chi connectivity index (χ0v) is 7.20. The van der Waals surface area contributed by atoms with Gasteiger partial charge in [-0.1, -0.05) is 0 Å². The van der Waals surface area contributed by atoms with Gasteiger partial charge in [0.15, 0.2) is 0 Å². The molecular weight excluding hydrogens is 158 g/mol. The molecule has 1 rings (SSSR count). The van der Waals surface area contributed by atoms with Crippen LogP contribution >= 0.6 is 0 Å². The molecule has 5 nitrogen and oxygen atoms in total. The molecule has 1 unspecified atom stereocenters. The summed E-state index contributed by atoms with van der Waals surface area (Å²) >= 11 is 0. The van der Waals surface area contributed by atoms with E-state index < -0.39 is 11.9 Å². The molecule has 12 heavy (non-hydrogen) atoms. The van der Waals surface area contributed by atoms with Gasteiger partial charge in [-0.15, -0.1) is 0 Å². The molecule has 0 spiro atoms. The fraction of sp³-hybridized carbons (Fsp3) is 0.714. The molecule has 1 aliphatic heterocycles. The lowest BCUT2D eigenvalue weighted by molar-refractivity contribution is -0.121. The van der Waals surface area contributed by atoms with E-state index in [0.29, 0.717) is 6.54 Å². The molecule has 1 fully saturated rings. The van der Waals surface area contributed by atoms with Crippen LogP contribution in [0.15, 0.2) is 0 Å². The van der Waals surface area contributed by atoms with Gasteiger partial charge in [0.2, 0.25) is 5.91 Å². The van der Waals surface area contributed by atoms with Gasteiger partial charge in [-0.05, 0) is 13.8 Å². The second kappa shape index (κ2) is 3.00. The summed E-state index contributed by atoms with van der Waals surface area (Å²) in [5.74, 6) is -0.456. The topological polar surface area (TPSA) is 75.4 Å². The second-order valence-corrected chi connectivity index (χ2v) is 3.11. The molecular formula is C7H13N3O2. The third kappa shape index (κ3) is 1.34. The predicted molar refractivity (Wildman–Crippen MR) is 43.4 cm³/mol. The van der Waals surface area contributed by atoms with Gasteiger partial charge >= 0.3 is 6.03 Å². The van der Waals surface area contributed by atoms with E-state index in [-0.39, 0.29) is 12.1 Å². The summed E-state index contributed by atoms with van der Waals surface area (Å²) in [7, 11) is 0. The van der Waals surface area contributed by atoms with E-state index in [2.05, 4.69) is 5.32 Å². The zero-order valence-electron chi connectivity index (χ0n) is 7.20. The van der Waals surface area contributed by atoms with Crippen LogP contribution in [-0.2, 0) is 4.79 Å². The lowest BCUT2D eigenvalue weighted by Gasteiger charge is -2.24. The van der Waals surface area contributed by atoms with E-state index in [4.69, 9.17) is 5.73 Å². The molecule has 68 valence electrons. The summed E-state index contributed by atoms with van der Waals surface area (Å²) in [6.07, 6.45) is 0. The van der Waals surface area contributed by atoms with Crippen molar-refractivity contribution in [3.8, 4) is 0 Å². The van der Waals surface area contributed by atoms with Crippen molar-refractivity contribution < 1.29 is 9.59 Å². The van der Waals surface area contributed by atoms with E-state index in [1.54, 1.807) is 0 Å². The van der Waals surface area contributed by atoms with Gasteiger partial charge in [-0.25, -0.2) is 4.79 Å². The number of primary amides is 1. The van der Waals surface area contributed by atoms with Crippen molar-refractivity contribution in [1.29, 1.82) is 0 Å². The molecule has 1 aliphatic rings. The fourth-order valence-electron chi connectivity index (χ4n) is 1.35. The summed E-state index contributed by atoms with van der Waals surface area (Å²) < 4.78 is 0. The quantitative estimate of drug-likeness (QED) is 0.575. The van der Waals surface area contributed by atoms with Crippen LogP contribution in [0.25, 0.3) is 0 Å². The van der Waals surface area contributed by atoms with Crippen molar-refractivity contribution in [2.75, 3.05) is 6.54 Å². The van der Waals surface area contributed by atoms with Crippen LogP contribution in [0.2, 0.25) is 0 Å². The molecule has 0 bridgehead atoms. The maximum atomic E-state index is 11.1. The van der Waals surface area contributed by atoms with Gasteiger partial charge in [0, 0.05) is 12.6 Å². The number of urea groups is 1. The van der Waals surface area contributed by atoms with Crippen molar-refractivity contribution >= 4 is 11.9 Å². The minimum absolute atomic E-state index is 0.00463. The lowest BCUT2D eigenvalue weighted by Crippen LogP contribution is -2.46. The van der Waals surface area contributed by atoms with Gasteiger partial charge in [0.1, 0.15) is 6.04 Å². The minimum atomic E-state index is -0.488. The summed E-state index contributed by atoms with van der Waals surface area (Å²) in [4.78, 5) is 23.4. The van der Waals surface area contributed by atoms with E-state index in [0.717, 1.165) is 0 Å². The maximum absolute atomic E-state index is 11.1. The average Bonchev–Trinajstić information content (AvgIpc) is 2.30. The van der Waals surface area contributed by atoms with Crippen molar-refractivity contribution in [2.45, 2.75) is 25.9 Å². The normalized spacial score (nSPS) is 23.1. The van der Waals surface area contributed by atoms with Crippen LogP contribution in [0, 0.1) is 0 Å². The van der Waals surface area contributed by atoms with Gasteiger partial charge in [0.25, 0.3) is 0 Å². The summed E-state index contributed by atoms with van der Waals surface area (Å²) in [6, 6.07) is -0.698. The highest BCUT2D eigenvalue weighted by atomic mass is 16.2. The average molecular weight is 171 g/mol. The number of carbonyl (C=O) groups excluding carboxylic acids is 2. The van der Waals surface area contributed by atoms with E-state index >= 15 is 0 Å². The molecule has 0 saturated carbocycles. The number of nitrogens with two attached hydrogens (primary N) is 1. The Hall–Kier alpha value is -1.26. The first-order chi connectivity index (χ1) is 5.54. The third-order valence-electron chi connectivity index (χ3n) is 1.90. The molecule has 0 radical (unpaired) electrons.